The molecule has 1 saturated heterocycles. The van der Waals surface area contributed by atoms with Crippen molar-refractivity contribution in [1.82, 2.24) is 5.32 Å². The van der Waals surface area contributed by atoms with E-state index in [2.05, 4.69) is 17.4 Å². The highest BCUT2D eigenvalue weighted by molar-refractivity contribution is 5.77. The van der Waals surface area contributed by atoms with Gasteiger partial charge in [-0.25, -0.2) is 0 Å². The average Bonchev–Trinajstić information content (AvgIpc) is 3.18. The first-order valence-electron chi connectivity index (χ1n) is 9.20. The van der Waals surface area contributed by atoms with Crippen molar-refractivity contribution in [2.75, 3.05) is 32.8 Å². The van der Waals surface area contributed by atoms with Crippen LogP contribution in [0, 0.1) is 0 Å². The van der Waals surface area contributed by atoms with E-state index >= 15 is 0 Å². The van der Waals surface area contributed by atoms with E-state index in [0.29, 0.717) is 0 Å². The molecule has 2 N–H and O–H groups in total. The number of nitrogens with one attached hydrogen (secondary N) is 2. The van der Waals surface area contributed by atoms with Crippen molar-refractivity contribution < 1.29 is 14.4 Å². The lowest BCUT2D eigenvalue weighted by molar-refractivity contribution is -0.887. The Labute approximate surface area is 149 Å². The SMILES string of the molecule is O=C(COc1ccc(-c2ccccc2)cc1)NCCC[NH+]1CCCC1. The van der Waals surface area contributed by atoms with Crippen molar-refractivity contribution in [2.45, 2.75) is 19.3 Å². The van der Waals surface area contributed by atoms with Gasteiger partial charge in [-0.05, 0) is 23.3 Å². The Balaban J connectivity index is 1.35. The molecule has 2 aromatic carbocycles. The molecular weight excluding hydrogens is 312 g/mol. The van der Waals surface area contributed by atoms with E-state index in [0.717, 1.165) is 30.8 Å². The second-order valence-corrected chi connectivity index (χ2v) is 6.59. The largest absolute Gasteiger partial charge is 0.484 e. The zero-order valence-corrected chi connectivity index (χ0v) is 14.7. The number of benzene rings is 2. The Morgan fingerprint density at radius 2 is 1.64 bits per heavy atom. The molecule has 1 aliphatic heterocycles. The van der Waals surface area contributed by atoms with Crippen LogP contribution in [0.3, 0.4) is 0 Å². The van der Waals surface area contributed by atoms with Crippen LogP contribution in [0.1, 0.15) is 19.3 Å². The van der Waals surface area contributed by atoms with Crippen molar-refractivity contribution >= 4 is 5.91 Å². The Kier molecular flexibility index (Phi) is 6.46. The van der Waals surface area contributed by atoms with Crippen molar-refractivity contribution in [1.29, 1.82) is 0 Å². The standard InChI is InChI=1S/C21H26N2O2/c24-21(22-13-6-16-23-14-4-5-15-23)17-25-20-11-9-19(10-12-20)18-7-2-1-3-8-18/h1-3,7-12H,4-6,13-17H2,(H,22,24)/p+1. The summed E-state index contributed by atoms with van der Waals surface area (Å²) in [5.74, 6) is 0.667. The van der Waals surface area contributed by atoms with Crippen molar-refractivity contribution in [3.8, 4) is 16.9 Å². The summed E-state index contributed by atoms with van der Waals surface area (Å²) >= 11 is 0. The molecule has 0 radical (unpaired) electrons. The molecule has 2 aromatic rings. The summed E-state index contributed by atoms with van der Waals surface area (Å²) in [5, 5.41) is 2.94. The fraction of sp³-hybridized carbons (Fsp3) is 0.381. The highest BCUT2D eigenvalue weighted by atomic mass is 16.5. The third-order valence-corrected chi connectivity index (χ3v) is 4.67. The fourth-order valence-electron chi connectivity index (χ4n) is 3.27. The molecule has 0 spiro atoms. The lowest BCUT2D eigenvalue weighted by atomic mass is 10.1. The Hall–Kier alpha value is -2.33. The predicted octanol–water partition coefficient (Wildman–Crippen LogP) is 1.92. The maximum Gasteiger partial charge on any atom is 0.257 e. The van der Waals surface area contributed by atoms with Gasteiger partial charge in [-0.3, -0.25) is 4.79 Å². The van der Waals surface area contributed by atoms with Crippen LogP contribution in [-0.2, 0) is 4.79 Å². The topological polar surface area (TPSA) is 42.8 Å². The summed E-state index contributed by atoms with van der Waals surface area (Å²) in [4.78, 5) is 13.5. The van der Waals surface area contributed by atoms with Gasteiger partial charge in [-0.2, -0.15) is 0 Å². The molecule has 0 aromatic heterocycles. The first-order valence-corrected chi connectivity index (χ1v) is 9.20. The van der Waals surface area contributed by atoms with Gasteiger partial charge in [0.1, 0.15) is 5.75 Å². The van der Waals surface area contributed by atoms with Gasteiger partial charge in [-0.1, -0.05) is 42.5 Å². The van der Waals surface area contributed by atoms with Gasteiger partial charge >= 0.3 is 0 Å². The monoisotopic (exact) mass is 339 g/mol. The van der Waals surface area contributed by atoms with Crippen LogP contribution in [0.2, 0.25) is 0 Å². The third-order valence-electron chi connectivity index (χ3n) is 4.67. The molecule has 0 aliphatic carbocycles. The van der Waals surface area contributed by atoms with Gasteiger partial charge in [-0.15, -0.1) is 0 Å². The second kappa shape index (κ2) is 9.23. The number of carbonyl (C=O) groups is 1. The number of ether oxygens (including phenoxy) is 1. The molecule has 0 bridgehead atoms. The maximum atomic E-state index is 11.9. The van der Waals surface area contributed by atoms with E-state index < -0.39 is 0 Å². The summed E-state index contributed by atoms with van der Waals surface area (Å²) in [6.07, 6.45) is 3.73. The quantitative estimate of drug-likeness (QED) is 0.722. The number of hydrogen-bond donors (Lipinski definition) is 2. The average molecular weight is 339 g/mol. The molecule has 4 heteroatoms. The lowest BCUT2D eigenvalue weighted by Crippen LogP contribution is -3.10. The van der Waals surface area contributed by atoms with Gasteiger partial charge < -0.3 is 15.0 Å². The summed E-state index contributed by atoms with van der Waals surface area (Å²) < 4.78 is 5.57. The van der Waals surface area contributed by atoms with Gasteiger partial charge in [0.15, 0.2) is 6.61 Å². The Morgan fingerprint density at radius 1 is 0.960 bits per heavy atom. The van der Waals surface area contributed by atoms with Crippen molar-refractivity contribution in [3.63, 3.8) is 0 Å². The molecule has 0 atom stereocenters. The molecule has 0 unspecified atom stereocenters. The van der Waals surface area contributed by atoms with Crippen LogP contribution in [0.5, 0.6) is 5.75 Å². The molecule has 0 saturated carbocycles. The number of amides is 1. The molecule has 1 fully saturated rings. The van der Waals surface area contributed by atoms with E-state index in [1.165, 1.54) is 31.5 Å². The highest BCUT2D eigenvalue weighted by Gasteiger charge is 2.14. The normalized spacial score (nSPS) is 14.4. The van der Waals surface area contributed by atoms with Crippen LogP contribution in [0.25, 0.3) is 11.1 Å². The third kappa shape index (κ3) is 5.61. The summed E-state index contributed by atoms with van der Waals surface area (Å²) in [5.41, 5.74) is 2.31. The van der Waals surface area contributed by atoms with E-state index in [1.54, 1.807) is 4.90 Å². The number of rotatable bonds is 8. The number of carbonyl (C=O) groups excluding carboxylic acids is 1. The van der Waals surface area contributed by atoms with E-state index in [1.807, 2.05) is 42.5 Å². The predicted molar refractivity (Wildman–Crippen MR) is 99.8 cm³/mol. The Bertz CT molecular complexity index is 649. The zero-order chi connectivity index (χ0) is 17.3. The van der Waals surface area contributed by atoms with Crippen LogP contribution < -0.4 is 15.0 Å². The fourth-order valence-corrected chi connectivity index (χ4v) is 3.27. The number of likely N-dealkylation sites (tertiary alicyclic amines) is 1. The maximum absolute atomic E-state index is 11.9. The molecule has 1 heterocycles. The highest BCUT2D eigenvalue weighted by Crippen LogP contribution is 2.21. The van der Waals surface area contributed by atoms with Crippen LogP contribution in [0.15, 0.2) is 54.6 Å². The molecule has 4 nitrogen and oxygen atoms in total. The minimum atomic E-state index is -0.0523. The number of hydrogen-bond acceptors (Lipinski definition) is 2. The molecule has 25 heavy (non-hydrogen) atoms. The number of quaternary nitrogens is 1. The van der Waals surface area contributed by atoms with Crippen molar-refractivity contribution in [3.05, 3.63) is 54.6 Å². The molecule has 3 rings (SSSR count). The smallest absolute Gasteiger partial charge is 0.257 e. The van der Waals surface area contributed by atoms with Gasteiger partial charge in [0.05, 0.1) is 19.6 Å². The lowest BCUT2D eigenvalue weighted by Gasteiger charge is -2.12. The van der Waals surface area contributed by atoms with Gasteiger partial charge in [0, 0.05) is 25.8 Å². The first kappa shape index (κ1) is 17.5. The van der Waals surface area contributed by atoms with E-state index in [9.17, 15) is 4.79 Å². The summed E-state index contributed by atoms with van der Waals surface area (Å²) in [6.45, 7) is 4.54. The summed E-state index contributed by atoms with van der Waals surface area (Å²) in [7, 11) is 0. The molecule has 132 valence electrons. The van der Waals surface area contributed by atoms with E-state index in [4.69, 9.17) is 4.74 Å². The van der Waals surface area contributed by atoms with Crippen molar-refractivity contribution in [2.24, 2.45) is 0 Å². The minimum absolute atomic E-state index is 0.0523. The van der Waals surface area contributed by atoms with Crippen LogP contribution in [0.4, 0.5) is 0 Å². The molecule has 1 amide bonds. The summed E-state index contributed by atoms with van der Waals surface area (Å²) in [6, 6.07) is 18.1. The minimum Gasteiger partial charge on any atom is -0.484 e. The first-order chi connectivity index (χ1) is 12.3. The van der Waals surface area contributed by atoms with E-state index in [-0.39, 0.29) is 12.5 Å². The molecule has 1 aliphatic rings. The van der Waals surface area contributed by atoms with Gasteiger partial charge in [0.25, 0.3) is 5.91 Å². The van der Waals surface area contributed by atoms with Crippen LogP contribution in [-0.4, -0.2) is 38.7 Å². The zero-order valence-electron chi connectivity index (χ0n) is 14.7. The second-order valence-electron chi connectivity index (χ2n) is 6.59. The van der Waals surface area contributed by atoms with Crippen LogP contribution >= 0.6 is 0 Å². The van der Waals surface area contributed by atoms with Gasteiger partial charge in [0.2, 0.25) is 0 Å². The molecular formula is C21H27N2O2+. The Morgan fingerprint density at radius 3 is 2.36 bits per heavy atom.